The van der Waals surface area contributed by atoms with Crippen molar-refractivity contribution >= 4 is 27.3 Å². The maximum Gasteiger partial charge on any atom is 0.267 e. The van der Waals surface area contributed by atoms with Gasteiger partial charge in [0.05, 0.1) is 24.2 Å². The van der Waals surface area contributed by atoms with Gasteiger partial charge < -0.3 is 14.8 Å². The second-order valence-corrected chi connectivity index (χ2v) is 9.38. The Bertz CT molecular complexity index is 1260. The van der Waals surface area contributed by atoms with E-state index in [1.807, 2.05) is 32.0 Å². The Balaban J connectivity index is 1.67. The Morgan fingerprint density at radius 1 is 1.03 bits per heavy atom. The molecule has 0 saturated heterocycles. The number of methoxy groups -OCH3 is 1. The van der Waals surface area contributed by atoms with E-state index in [9.17, 15) is 13.2 Å². The zero-order valence-electron chi connectivity index (χ0n) is 18.0. The molecule has 1 N–H and O–H groups in total. The Kier molecular flexibility index (Phi) is 5.80. The quantitative estimate of drug-likeness (QED) is 0.635. The molecule has 1 amide bonds. The van der Waals surface area contributed by atoms with Crippen LogP contribution >= 0.6 is 0 Å². The number of para-hydroxylation sites is 2. The third kappa shape index (κ3) is 4.01. The minimum absolute atomic E-state index is 0.101. The predicted octanol–water partition coefficient (Wildman–Crippen LogP) is 3.91. The van der Waals surface area contributed by atoms with E-state index in [0.29, 0.717) is 22.9 Å². The van der Waals surface area contributed by atoms with Crippen molar-refractivity contribution in [3.05, 3.63) is 77.9 Å². The maximum atomic E-state index is 13.5. The summed E-state index contributed by atoms with van der Waals surface area (Å²) in [7, 11) is -2.42. The maximum absolute atomic E-state index is 13.5. The number of benzene rings is 3. The van der Waals surface area contributed by atoms with Crippen molar-refractivity contribution < 1.29 is 22.7 Å². The van der Waals surface area contributed by atoms with Crippen molar-refractivity contribution in [1.82, 2.24) is 0 Å². The third-order valence-corrected chi connectivity index (χ3v) is 7.33. The predicted molar refractivity (Wildman–Crippen MR) is 123 cm³/mol. The van der Waals surface area contributed by atoms with Crippen molar-refractivity contribution in [2.75, 3.05) is 23.3 Å². The van der Waals surface area contributed by atoms with Crippen LogP contribution < -0.4 is 19.1 Å². The molecule has 7 nitrogen and oxygen atoms in total. The van der Waals surface area contributed by atoms with Crippen LogP contribution in [-0.2, 0) is 14.8 Å². The van der Waals surface area contributed by atoms with Crippen LogP contribution in [0.5, 0.6) is 11.5 Å². The first-order chi connectivity index (χ1) is 15.3. The van der Waals surface area contributed by atoms with E-state index in [1.54, 1.807) is 36.4 Å². The summed E-state index contributed by atoms with van der Waals surface area (Å²) < 4.78 is 39.2. The first-order valence-electron chi connectivity index (χ1n) is 10.1. The molecule has 1 aliphatic heterocycles. The molecule has 4 rings (SSSR count). The Morgan fingerprint density at radius 3 is 2.47 bits per heavy atom. The molecule has 32 heavy (non-hydrogen) atoms. The summed E-state index contributed by atoms with van der Waals surface area (Å²) in [5.41, 5.74) is 3.04. The highest BCUT2D eigenvalue weighted by Crippen LogP contribution is 2.37. The SMILES string of the molecule is COc1ccc(S(=O)(=O)N2CC(C(=O)Nc3cccc(C)c3C)Oc3ccccc32)cc1. The number of ether oxygens (including phenoxy) is 2. The van der Waals surface area contributed by atoms with Crippen LogP contribution in [-0.4, -0.2) is 34.1 Å². The molecule has 3 aromatic carbocycles. The second kappa shape index (κ2) is 8.55. The Morgan fingerprint density at radius 2 is 1.75 bits per heavy atom. The van der Waals surface area contributed by atoms with Gasteiger partial charge in [-0.2, -0.15) is 0 Å². The summed E-state index contributed by atoms with van der Waals surface area (Å²) in [6.07, 6.45) is -1.02. The van der Waals surface area contributed by atoms with Gasteiger partial charge >= 0.3 is 0 Å². The van der Waals surface area contributed by atoms with Gasteiger partial charge in [0.1, 0.15) is 11.5 Å². The molecule has 0 fully saturated rings. The summed E-state index contributed by atoms with van der Waals surface area (Å²) in [5.74, 6) is 0.470. The van der Waals surface area contributed by atoms with Crippen LogP contribution in [0.2, 0.25) is 0 Å². The van der Waals surface area contributed by atoms with Gasteiger partial charge in [-0.1, -0.05) is 24.3 Å². The number of rotatable bonds is 5. The van der Waals surface area contributed by atoms with E-state index in [-0.39, 0.29) is 11.4 Å². The second-order valence-electron chi connectivity index (χ2n) is 7.52. The molecule has 1 heterocycles. The number of sulfonamides is 1. The molecular formula is C24H24N2O5S. The molecule has 0 spiro atoms. The average molecular weight is 453 g/mol. The average Bonchev–Trinajstić information content (AvgIpc) is 2.81. The topological polar surface area (TPSA) is 84.9 Å². The van der Waals surface area contributed by atoms with Crippen molar-refractivity contribution in [3.63, 3.8) is 0 Å². The zero-order chi connectivity index (χ0) is 22.9. The molecule has 0 radical (unpaired) electrons. The van der Waals surface area contributed by atoms with E-state index in [0.717, 1.165) is 11.1 Å². The minimum atomic E-state index is -3.94. The normalized spacial score (nSPS) is 15.5. The standard InChI is InChI=1S/C24H24N2O5S/c1-16-7-6-8-20(17(16)2)25-24(27)23-15-26(21-9-4-5-10-22(21)31-23)32(28,29)19-13-11-18(30-3)12-14-19/h4-14,23H,15H2,1-3H3,(H,25,27). The van der Waals surface area contributed by atoms with E-state index >= 15 is 0 Å². The van der Waals surface area contributed by atoms with E-state index in [4.69, 9.17) is 9.47 Å². The lowest BCUT2D eigenvalue weighted by Gasteiger charge is -2.34. The molecule has 0 aromatic heterocycles. The van der Waals surface area contributed by atoms with Crippen molar-refractivity contribution in [3.8, 4) is 11.5 Å². The first-order valence-corrected chi connectivity index (χ1v) is 11.5. The van der Waals surface area contributed by atoms with Crippen LogP contribution in [0.3, 0.4) is 0 Å². The van der Waals surface area contributed by atoms with Gasteiger partial charge in [0.15, 0.2) is 6.10 Å². The molecule has 3 aromatic rings. The minimum Gasteiger partial charge on any atom is -0.497 e. The number of amides is 1. The fourth-order valence-electron chi connectivity index (χ4n) is 3.54. The molecule has 166 valence electrons. The van der Waals surface area contributed by atoms with Crippen LogP contribution in [0.25, 0.3) is 0 Å². The highest BCUT2D eigenvalue weighted by Gasteiger charge is 2.37. The van der Waals surface area contributed by atoms with Gasteiger partial charge in [-0.05, 0) is 67.4 Å². The molecule has 1 atom stereocenters. The van der Waals surface area contributed by atoms with Crippen molar-refractivity contribution in [1.29, 1.82) is 0 Å². The van der Waals surface area contributed by atoms with Crippen LogP contribution in [0.1, 0.15) is 11.1 Å². The molecular weight excluding hydrogens is 428 g/mol. The number of hydrogen-bond donors (Lipinski definition) is 1. The van der Waals surface area contributed by atoms with Crippen LogP contribution in [0.15, 0.2) is 71.6 Å². The Hall–Kier alpha value is -3.52. The van der Waals surface area contributed by atoms with Crippen molar-refractivity contribution in [2.24, 2.45) is 0 Å². The largest absolute Gasteiger partial charge is 0.497 e. The van der Waals surface area contributed by atoms with E-state index in [2.05, 4.69) is 5.32 Å². The van der Waals surface area contributed by atoms with Gasteiger partial charge in [0.25, 0.3) is 15.9 Å². The molecule has 0 aliphatic carbocycles. The molecule has 1 unspecified atom stereocenters. The number of nitrogens with zero attached hydrogens (tertiary/aromatic N) is 1. The molecule has 0 saturated carbocycles. The fourth-order valence-corrected chi connectivity index (χ4v) is 5.02. The van der Waals surface area contributed by atoms with E-state index in [1.165, 1.54) is 23.5 Å². The summed E-state index contributed by atoms with van der Waals surface area (Å²) in [6.45, 7) is 3.73. The number of carbonyl (C=O) groups is 1. The summed E-state index contributed by atoms with van der Waals surface area (Å²) in [5, 5.41) is 2.88. The summed E-state index contributed by atoms with van der Waals surface area (Å²) in [4.78, 5) is 13.2. The van der Waals surface area contributed by atoms with E-state index < -0.39 is 22.0 Å². The Labute approximate surface area is 187 Å². The zero-order valence-corrected chi connectivity index (χ0v) is 18.8. The van der Waals surface area contributed by atoms with Gasteiger partial charge in [-0.3, -0.25) is 9.10 Å². The number of aryl methyl sites for hydroxylation is 1. The first kappa shape index (κ1) is 21.7. The highest BCUT2D eigenvalue weighted by molar-refractivity contribution is 7.92. The number of nitrogens with one attached hydrogen (secondary N) is 1. The monoisotopic (exact) mass is 452 g/mol. The molecule has 8 heteroatoms. The number of hydrogen-bond acceptors (Lipinski definition) is 5. The lowest BCUT2D eigenvalue weighted by molar-refractivity contribution is -0.122. The molecule has 1 aliphatic rings. The number of anilines is 2. The van der Waals surface area contributed by atoms with Crippen LogP contribution in [0.4, 0.5) is 11.4 Å². The smallest absolute Gasteiger partial charge is 0.267 e. The summed E-state index contributed by atoms with van der Waals surface area (Å²) >= 11 is 0. The summed E-state index contributed by atoms with van der Waals surface area (Å²) in [6, 6.07) is 18.6. The van der Waals surface area contributed by atoms with Gasteiger partial charge in [-0.15, -0.1) is 0 Å². The van der Waals surface area contributed by atoms with Crippen molar-refractivity contribution in [2.45, 2.75) is 24.8 Å². The number of fused-ring (bicyclic) bond motifs is 1. The highest BCUT2D eigenvalue weighted by atomic mass is 32.2. The fraction of sp³-hybridized carbons (Fsp3) is 0.208. The third-order valence-electron chi connectivity index (χ3n) is 5.54. The van der Waals surface area contributed by atoms with Gasteiger partial charge in [0, 0.05) is 5.69 Å². The van der Waals surface area contributed by atoms with Crippen LogP contribution in [0, 0.1) is 13.8 Å². The lowest BCUT2D eigenvalue weighted by atomic mass is 10.1. The lowest BCUT2D eigenvalue weighted by Crippen LogP contribution is -2.48. The van der Waals surface area contributed by atoms with Gasteiger partial charge in [0.2, 0.25) is 0 Å². The molecule has 0 bridgehead atoms. The number of carbonyl (C=O) groups excluding carboxylic acids is 1. The van der Waals surface area contributed by atoms with Gasteiger partial charge in [-0.25, -0.2) is 8.42 Å².